The number of pyridine rings is 1. The van der Waals surface area contributed by atoms with Gasteiger partial charge in [-0.05, 0) is 43.1 Å². The molecule has 1 N–H and O–H groups in total. The van der Waals surface area contributed by atoms with Crippen LogP contribution in [-0.2, 0) is 4.79 Å². The van der Waals surface area contributed by atoms with Crippen molar-refractivity contribution in [2.75, 3.05) is 31.1 Å². The number of anilines is 1. The predicted molar refractivity (Wildman–Crippen MR) is 103 cm³/mol. The molecule has 0 spiro atoms. The quantitative estimate of drug-likeness (QED) is 0.840. The van der Waals surface area contributed by atoms with E-state index in [0.29, 0.717) is 24.3 Å². The molecule has 2 aromatic rings. The lowest BCUT2D eigenvalue weighted by Gasteiger charge is -2.47. The molecule has 138 valence electrons. The zero-order valence-corrected chi connectivity index (χ0v) is 15.2. The number of likely N-dealkylation sites (tertiary alicyclic amines) is 1. The number of benzene rings is 1. The summed E-state index contributed by atoms with van der Waals surface area (Å²) in [7, 11) is 0. The third-order valence-corrected chi connectivity index (χ3v) is 5.90. The number of unbranched alkanes of at least 4 members (excludes halogenated alkanes) is 1. The van der Waals surface area contributed by atoms with E-state index in [1.54, 1.807) is 0 Å². The predicted octanol–water partition coefficient (Wildman–Crippen LogP) is 2.82. The van der Waals surface area contributed by atoms with E-state index >= 15 is 0 Å². The lowest BCUT2D eigenvalue weighted by molar-refractivity contribution is -0.139. The molecule has 26 heavy (non-hydrogen) atoms. The number of rotatable bonds is 5. The average Bonchev–Trinajstić information content (AvgIpc) is 2.69. The van der Waals surface area contributed by atoms with Crippen molar-refractivity contribution in [1.29, 1.82) is 0 Å². The number of carbonyl (C=O) groups is 1. The van der Waals surface area contributed by atoms with Gasteiger partial charge in [0.15, 0.2) is 0 Å². The van der Waals surface area contributed by atoms with Gasteiger partial charge in [0.1, 0.15) is 5.82 Å². The molecule has 2 fully saturated rings. The first-order valence-electron chi connectivity index (χ1n) is 9.77. The Morgan fingerprint density at radius 1 is 1.15 bits per heavy atom. The Labute approximate surface area is 154 Å². The van der Waals surface area contributed by atoms with Gasteiger partial charge in [0.05, 0.1) is 0 Å². The largest absolute Gasteiger partial charge is 0.396 e. The van der Waals surface area contributed by atoms with E-state index in [4.69, 9.17) is 5.11 Å². The van der Waals surface area contributed by atoms with Crippen LogP contribution in [0, 0.1) is 5.92 Å². The Kier molecular flexibility index (Phi) is 5.07. The number of aliphatic hydroxyl groups excluding tert-OH is 1. The average molecular weight is 353 g/mol. The first-order chi connectivity index (χ1) is 12.8. The fourth-order valence-electron chi connectivity index (χ4n) is 4.58. The van der Waals surface area contributed by atoms with Crippen LogP contribution in [-0.4, -0.2) is 53.2 Å². The highest BCUT2D eigenvalue weighted by Gasteiger charge is 2.39. The van der Waals surface area contributed by atoms with Crippen LogP contribution in [0.3, 0.4) is 0 Å². The maximum Gasteiger partial charge on any atom is 0.222 e. The van der Waals surface area contributed by atoms with E-state index in [2.05, 4.69) is 45.1 Å². The highest BCUT2D eigenvalue weighted by molar-refractivity contribution is 5.92. The van der Waals surface area contributed by atoms with Crippen LogP contribution in [0.1, 0.15) is 32.1 Å². The summed E-state index contributed by atoms with van der Waals surface area (Å²) in [4.78, 5) is 21.6. The third-order valence-electron chi connectivity index (χ3n) is 5.90. The summed E-state index contributed by atoms with van der Waals surface area (Å²) in [5.74, 6) is 1.88. The van der Waals surface area contributed by atoms with Gasteiger partial charge in [0.2, 0.25) is 5.91 Å². The summed E-state index contributed by atoms with van der Waals surface area (Å²) in [5.41, 5.74) is 0. The molecule has 5 nitrogen and oxygen atoms in total. The summed E-state index contributed by atoms with van der Waals surface area (Å²) >= 11 is 0. The summed E-state index contributed by atoms with van der Waals surface area (Å²) in [6, 6.07) is 10.8. The Balaban J connectivity index is 1.52. The van der Waals surface area contributed by atoms with E-state index in [1.807, 2.05) is 6.20 Å². The first-order valence-corrected chi connectivity index (χ1v) is 9.77. The van der Waals surface area contributed by atoms with Gasteiger partial charge >= 0.3 is 0 Å². The SMILES string of the molecule is O=C1CC[C@H]2CN(c3nccc4ccccc34)CC[C@H]2N1CCCCO. The van der Waals surface area contributed by atoms with Gasteiger partial charge in [-0.1, -0.05) is 24.3 Å². The van der Waals surface area contributed by atoms with Crippen LogP contribution >= 0.6 is 0 Å². The number of piperidine rings is 2. The van der Waals surface area contributed by atoms with Gasteiger partial charge in [-0.25, -0.2) is 4.98 Å². The molecule has 0 radical (unpaired) electrons. The minimum absolute atomic E-state index is 0.205. The number of aliphatic hydroxyl groups is 1. The van der Waals surface area contributed by atoms with Gasteiger partial charge in [-0.2, -0.15) is 0 Å². The fourth-order valence-corrected chi connectivity index (χ4v) is 4.58. The lowest BCUT2D eigenvalue weighted by atomic mass is 9.83. The fraction of sp³-hybridized carbons (Fsp3) is 0.524. The second kappa shape index (κ2) is 7.62. The van der Waals surface area contributed by atoms with Crippen molar-refractivity contribution in [2.24, 2.45) is 5.92 Å². The molecular formula is C21H27N3O2. The molecule has 5 heteroatoms. The molecule has 1 amide bonds. The summed E-state index contributed by atoms with van der Waals surface area (Å²) in [6.07, 6.45) is 6.18. The first kappa shape index (κ1) is 17.3. The van der Waals surface area contributed by atoms with Gasteiger partial charge in [-0.3, -0.25) is 4.79 Å². The molecular weight excluding hydrogens is 326 g/mol. The molecule has 4 rings (SSSR count). The smallest absolute Gasteiger partial charge is 0.222 e. The van der Waals surface area contributed by atoms with Crippen LogP contribution in [0.2, 0.25) is 0 Å². The van der Waals surface area contributed by atoms with Gasteiger partial charge < -0.3 is 14.9 Å². The van der Waals surface area contributed by atoms with E-state index in [-0.39, 0.29) is 6.61 Å². The highest BCUT2D eigenvalue weighted by atomic mass is 16.3. The third kappa shape index (κ3) is 3.28. The molecule has 0 unspecified atom stereocenters. The maximum absolute atomic E-state index is 12.4. The van der Waals surface area contributed by atoms with E-state index in [1.165, 1.54) is 10.8 Å². The van der Waals surface area contributed by atoms with Crippen LogP contribution in [0.4, 0.5) is 5.82 Å². The molecule has 1 aromatic carbocycles. The van der Waals surface area contributed by atoms with Crippen LogP contribution < -0.4 is 4.90 Å². The van der Waals surface area contributed by atoms with E-state index in [0.717, 1.165) is 51.1 Å². The monoisotopic (exact) mass is 353 g/mol. The van der Waals surface area contributed by atoms with Gasteiger partial charge in [0, 0.05) is 50.3 Å². The molecule has 2 aliphatic heterocycles. The molecule has 3 heterocycles. The van der Waals surface area contributed by atoms with Crippen molar-refractivity contribution in [1.82, 2.24) is 9.88 Å². The number of aromatic nitrogens is 1. The topological polar surface area (TPSA) is 56.7 Å². The van der Waals surface area contributed by atoms with Crippen molar-refractivity contribution in [2.45, 2.75) is 38.1 Å². The molecule has 0 bridgehead atoms. The molecule has 2 saturated heterocycles. The van der Waals surface area contributed by atoms with Crippen molar-refractivity contribution in [3.8, 4) is 0 Å². The Hall–Kier alpha value is -2.14. The number of carbonyl (C=O) groups excluding carboxylic acids is 1. The number of amides is 1. The van der Waals surface area contributed by atoms with Crippen molar-refractivity contribution < 1.29 is 9.90 Å². The molecule has 2 aliphatic rings. The zero-order valence-electron chi connectivity index (χ0n) is 15.2. The highest BCUT2D eigenvalue weighted by Crippen LogP contribution is 2.35. The second-order valence-corrected chi connectivity index (χ2v) is 7.47. The molecule has 1 aromatic heterocycles. The number of hydrogen-bond acceptors (Lipinski definition) is 4. The molecule has 2 atom stereocenters. The number of hydrogen-bond donors (Lipinski definition) is 1. The van der Waals surface area contributed by atoms with Crippen LogP contribution in [0.5, 0.6) is 0 Å². The summed E-state index contributed by atoms with van der Waals surface area (Å²) < 4.78 is 0. The lowest BCUT2D eigenvalue weighted by Crippen LogP contribution is -2.56. The zero-order chi connectivity index (χ0) is 17.9. The number of nitrogens with zero attached hydrogens (tertiary/aromatic N) is 3. The Bertz CT molecular complexity index is 773. The van der Waals surface area contributed by atoms with Crippen molar-refractivity contribution >= 4 is 22.5 Å². The van der Waals surface area contributed by atoms with E-state index < -0.39 is 0 Å². The minimum atomic E-state index is 0.205. The van der Waals surface area contributed by atoms with Gasteiger partial charge in [-0.15, -0.1) is 0 Å². The second-order valence-electron chi connectivity index (χ2n) is 7.47. The van der Waals surface area contributed by atoms with Gasteiger partial charge in [0.25, 0.3) is 0 Å². The minimum Gasteiger partial charge on any atom is -0.396 e. The van der Waals surface area contributed by atoms with E-state index in [9.17, 15) is 4.79 Å². The van der Waals surface area contributed by atoms with Crippen molar-refractivity contribution in [3.63, 3.8) is 0 Å². The number of fused-ring (bicyclic) bond motifs is 2. The van der Waals surface area contributed by atoms with Crippen LogP contribution in [0.15, 0.2) is 36.5 Å². The summed E-state index contributed by atoms with van der Waals surface area (Å²) in [6.45, 7) is 2.89. The molecule has 0 aliphatic carbocycles. The molecule has 0 saturated carbocycles. The van der Waals surface area contributed by atoms with Crippen molar-refractivity contribution in [3.05, 3.63) is 36.5 Å². The van der Waals surface area contributed by atoms with Crippen LogP contribution in [0.25, 0.3) is 10.8 Å². The summed E-state index contributed by atoms with van der Waals surface area (Å²) in [5, 5.41) is 11.5. The normalized spacial score (nSPS) is 23.3. The Morgan fingerprint density at radius 2 is 2.04 bits per heavy atom. The standard InChI is InChI=1S/C21H27N3O2/c25-14-4-3-12-24-19-10-13-23(15-17(19)7-8-20(24)26)21-18-6-2-1-5-16(18)9-11-22-21/h1-2,5-6,9,11,17,19,25H,3-4,7-8,10,12-15H2/t17-,19+/m0/s1. The maximum atomic E-state index is 12.4. The Morgan fingerprint density at radius 3 is 2.92 bits per heavy atom.